The van der Waals surface area contributed by atoms with Gasteiger partial charge in [0, 0.05) is 18.6 Å². The summed E-state index contributed by atoms with van der Waals surface area (Å²) in [6.45, 7) is 9.80. The zero-order valence-corrected chi connectivity index (χ0v) is 13.0. The van der Waals surface area contributed by atoms with E-state index >= 15 is 0 Å². The van der Waals surface area contributed by atoms with Gasteiger partial charge in [-0.15, -0.1) is 0 Å². The van der Waals surface area contributed by atoms with Gasteiger partial charge in [-0.25, -0.2) is 8.42 Å². The van der Waals surface area contributed by atoms with Crippen molar-refractivity contribution in [1.82, 2.24) is 9.62 Å². The van der Waals surface area contributed by atoms with Gasteiger partial charge in [-0.2, -0.15) is 4.31 Å². The number of hydrogen-bond donors (Lipinski definition) is 1. The first-order valence-corrected chi connectivity index (χ1v) is 8.68. The van der Waals surface area contributed by atoms with Gasteiger partial charge in [0.05, 0.1) is 5.75 Å². The van der Waals surface area contributed by atoms with Gasteiger partial charge in [0.15, 0.2) is 0 Å². The molecule has 0 spiro atoms. The monoisotopic (exact) mass is 276 g/mol. The molecule has 0 saturated carbocycles. The van der Waals surface area contributed by atoms with Crippen LogP contribution in [-0.4, -0.2) is 43.6 Å². The maximum Gasteiger partial charge on any atom is 0.214 e. The predicted molar refractivity (Wildman–Crippen MR) is 76.1 cm³/mol. The summed E-state index contributed by atoms with van der Waals surface area (Å²) in [5.74, 6) is 0.742. The van der Waals surface area contributed by atoms with Gasteiger partial charge in [0.1, 0.15) is 0 Å². The predicted octanol–water partition coefficient (Wildman–Crippen LogP) is 1.82. The summed E-state index contributed by atoms with van der Waals surface area (Å²) < 4.78 is 26.3. The number of sulfonamides is 1. The average Bonchev–Trinajstić information content (AvgIpc) is 2.28. The molecule has 4 nitrogen and oxygen atoms in total. The quantitative estimate of drug-likeness (QED) is 0.753. The van der Waals surface area contributed by atoms with Crippen LogP contribution < -0.4 is 5.32 Å². The molecule has 1 rings (SSSR count). The van der Waals surface area contributed by atoms with Gasteiger partial charge >= 0.3 is 0 Å². The fourth-order valence-corrected chi connectivity index (χ4v) is 4.32. The highest BCUT2D eigenvalue weighted by atomic mass is 32.2. The number of nitrogens with zero attached hydrogens (tertiary/aromatic N) is 1. The Hall–Kier alpha value is -0.130. The summed E-state index contributed by atoms with van der Waals surface area (Å²) in [6, 6.07) is 0.573. The molecular formula is C13H28N2O2S. The van der Waals surface area contributed by atoms with E-state index in [4.69, 9.17) is 0 Å². The highest BCUT2D eigenvalue weighted by molar-refractivity contribution is 7.89. The van der Waals surface area contributed by atoms with Crippen molar-refractivity contribution in [2.75, 3.05) is 18.8 Å². The zero-order chi connectivity index (χ0) is 13.8. The molecular weight excluding hydrogens is 248 g/mol. The Morgan fingerprint density at radius 1 is 1.33 bits per heavy atom. The highest BCUT2D eigenvalue weighted by Crippen LogP contribution is 2.25. The smallest absolute Gasteiger partial charge is 0.214 e. The van der Waals surface area contributed by atoms with E-state index in [0.29, 0.717) is 24.9 Å². The van der Waals surface area contributed by atoms with Gasteiger partial charge in [-0.3, -0.25) is 0 Å². The molecule has 0 amide bonds. The lowest BCUT2D eigenvalue weighted by Crippen LogP contribution is -2.47. The topological polar surface area (TPSA) is 49.4 Å². The second-order valence-corrected chi connectivity index (χ2v) is 7.79. The average molecular weight is 276 g/mol. The van der Waals surface area contributed by atoms with Crippen molar-refractivity contribution < 1.29 is 8.42 Å². The third-order valence-electron chi connectivity index (χ3n) is 3.80. The van der Waals surface area contributed by atoms with E-state index in [0.717, 1.165) is 19.4 Å². The molecule has 0 aromatic carbocycles. The zero-order valence-electron chi connectivity index (χ0n) is 12.1. The maximum atomic E-state index is 12.3. The van der Waals surface area contributed by atoms with Crippen LogP contribution in [0.1, 0.15) is 47.0 Å². The standard InChI is InChI=1S/C13H28N2O2S/c1-11(2)14-8-6-10-18(16,17)15-9-5-7-12(3)13(15)4/h11-14H,5-10H2,1-4H3. The normalized spacial score (nSPS) is 26.7. The molecule has 0 radical (unpaired) electrons. The van der Waals surface area contributed by atoms with Crippen molar-refractivity contribution in [3.63, 3.8) is 0 Å². The summed E-state index contributed by atoms with van der Waals surface area (Å²) in [7, 11) is -3.07. The molecule has 1 aliphatic rings. The summed E-state index contributed by atoms with van der Waals surface area (Å²) in [4.78, 5) is 0. The fourth-order valence-electron chi connectivity index (χ4n) is 2.45. The summed E-state index contributed by atoms with van der Waals surface area (Å²) in [5.41, 5.74) is 0. The minimum Gasteiger partial charge on any atom is -0.314 e. The Labute approximate surface area is 112 Å². The molecule has 1 fully saturated rings. The molecule has 1 saturated heterocycles. The molecule has 0 aromatic heterocycles. The Bertz CT molecular complexity index is 341. The third kappa shape index (κ3) is 4.52. The van der Waals surface area contributed by atoms with Crippen LogP contribution in [0, 0.1) is 5.92 Å². The summed E-state index contributed by atoms with van der Waals surface area (Å²) in [5, 5.41) is 3.26. The maximum absolute atomic E-state index is 12.3. The van der Waals surface area contributed by atoms with Crippen LogP contribution in [0.5, 0.6) is 0 Å². The van der Waals surface area contributed by atoms with Crippen LogP contribution >= 0.6 is 0 Å². The third-order valence-corrected chi connectivity index (χ3v) is 5.84. The summed E-state index contributed by atoms with van der Waals surface area (Å²) in [6.07, 6.45) is 2.83. The van der Waals surface area contributed by atoms with Crippen molar-refractivity contribution >= 4 is 10.0 Å². The van der Waals surface area contributed by atoms with E-state index in [9.17, 15) is 8.42 Å². The van der Waals surface area contributed by atoms with Gasteiger partial charge < -0.3 is 5.32 Å². The largest absolute Gasteiger partial charge is 0.314 e. The Kier molecular flexibility index (Phi) is 6.08. The summed E-state index contributed by atoms with van der Waals surface area (Å²) >= 11 is 0. The lowest BCUT2D eigenvalue weighted by Gasteiger charge is -2.36. The van der Waals surface area contributed by atoms with E-state index < -0.39 is 10.0 Å². The van der Waals surface area contributed by atoms with Crippen LogP contribution in [0.3, 0.4) is 0 Å². The number of hydrogen-bond acceptors (Lipinski definition) is 3. The van der Waals surface area contributed by atoms with E-state index in [1.54, 1.807) is 4.31 Å². The second-order valence-electron chi connectivity index (χ2n) is 5.75. The molecule has 0 bridgehead atoms. The SMILES string of the molecule is CC(C)NCCCS(=O)(=O)N1CCCC(C)C1C. The Balaban J connectivity index is 2.47. The lowest BCUT2D eigenvalue weighted by atomic mass is 9.94. The minimum absolute atomic E-state index is 0.154. The fraction of sp³-hybridized carbons (Fsp3) is 1.00. The van der Waals surface area contributed by atoms with Crippen LogP contribution in [-0.2, 0) is 10.0 Å². The molecule has 0 aliphatic carbocycles. The van der Waals surface area contributed by atoms with Gasteiger partial charge in [-0.05, 0) is 38.6 Å². The van der Waals surface area contributed by atoms with Gasteiger partial charge in [0.25, 0.3) is 0 Å². The van der Waals surface area contributed by atoms with Gasteiger partial charge in [0.2, 0.25) is 10.0 Å². The molecule has 1 aliphatic heterocycles. The van der Waals surface area contributed by atoms with Crippen LogP contribution in [0.15, 0.2) is 0 Å². The first-order valence-electron chi connectivity index (χ1n) is 7.07. The highest BCUT2D eigenvalue weighted by Gasteiger charge is 2.32. The molecule has 1 heterocycles. The molecule has 5 heteroatoms. The molecule has 2 unspecified atom stereocenters. The Morgan fingerprint density at radius 3 is 2.61 bits per heavy atom. The van der Waals surface area contributed by atoms with E-state index in [2.05, 4.69) is 26.1 Å². The van der Waals surface area contributed by atoms with Crippen LogP contribution in [0.25, 0.3) is 0 Å². The van der Waals surface area contributed by atoms with Crippen LogP contribution in [0.4, 0.5) is 0 Å². The number of piperidine rings is 1. The molecule has 0 aromatic rings. The molecule has 18 heavy (non-hydrogen) atoms. The van der Waals surface area contributed by atoms with E-state index in [1.165, 1.54) is 0 Å². The minimum atomic E-state index is -3.07. The van der Waals surface area contributed by atoms with Crippen molar-refractivity contribution in [3.05, 3.63) is 0 Å². The van der Waals surface area contributed by atoms with E-state index in [1.807, 2.05) is 6.92 Å². The first kappa shape index (κ1) is 15.9. The van der Waals surface area contributed by atoms with Crippen molar-refractivity contribution in [3.8, 4) is 0 Å². The number of rotatable bonds is 6. The van der Waals surface area contributed by atoms with Crippen molar-refractivity contribution in [1.29, 1.82) is 0 Å². The molecule has 108 valence electrons. The van der Waals surface area contributed by atoms with Crippen LogP contribution in [0.2, 0.25) is 0 Å². The molecule has 2 atom stereocenters. The van der Waals surface area contributed by atoms with Crippen molar-refractivity contribution in [2.24, 2.45) is 5.92 Å². The second kappa shape index (κ2) is 6.87. The number of nitrogens with one attached hydrogen (secondary N) is 1. The lowest BCUT2D eigenvalue weighted by molar-refractivity contribution is 0.202. The molecule has 1 N–H and O–H groups in total. The van der Waals surface area contributed by atoms with Crippen molar-refractivity contribution in [2.45, 2.75) is 59.0 Å². The Morgan fingerprint density at radius 2 is 2.00 bits per heavy atom. The van der Waals surface area contributed by atoms with E-state index in [-0.39, 0.29) is 11.8 Å². The van der Waals surface area contributed by atoms with Gasteiger partial charge in [-0.1, -0.05) is 20.8 Å². The first-order chi connectivity index (χ1) is 8.34.